The Bertz CT molecular complexity index is 692. The highest BCUT2D eigenvalue weighted by atomic mass is 35.5. The van der Waals surface area contributed by atoms with Gasteiger partial charge in [0.1, 0.15) is 0 Å². The number of pyridine rings is 1. The van der Waals surface area contributed by atoms with Crippen LogP contribution in [0.1, 0.15) is 18.1 Å². The van der Waals surface area contributed by atoms with E-state index in [1.54, 1.807) is 18.5 Å². The number of aromatic nitrogens is 1. The van der Waals surface area contributed by atoms with Crippen LogP contribution in [-0.2, 0) is 22.6 Å². The van der Waals surface area contributed by atoms with Crippen molar-refractivity contribution in [2.45, 2.75) is 19.9 Å². The number of hydrogen-bond acceptors (Lipinski definition) is 3. The highest BCUT2D eigenvalue weighted by Crippen LogP contribution is 2.14. The Morgan fingerprint density at radius 2 is 1.88 bits per heavy atom. The first-order valence-electron chi connectivity index (χ1n) is 7.81. The molecule has 0 atom stereocenters. The van der Waals surface area contributed by atoms with E-state index in [-0.39, 0.29) is 6.54 Å². The third-order valence-electron chi connectivity index (χ3n) is 3.68. The van der Waals surface area contributed by atoms with Crippen LogP contribution in [0.5, 0.6) is 0 Å². The number of nitrogens with one attached hydrogen (secondary N) is 1. The fourth-order valence-electron chi connectivity index (χ4n) is 2.25. The van der Waals surface area contributed by atoms with Crippen molar-refractivity contribution in [3.63, 3.8) is 0 Å². The van der Waals surface area contributed by atoms with E-state index in [2.05, 4.69) is 10.3 Å². The van der Waals surface area contributed by atoms with Gasteiger partial charge in [-0.3, -0.25) is 14.6 Å². The highest BCUT2D eigenvalue weighted by Gasteiger charge is 2.20. The van der Waals surface area contributed by atoms with E-state index >= 15 is 0 Å². The van der Waals surface area contributed by atoms with E-state index in [0.717, 1.165) is 11.1 Å². The van der Waals surface area contributed by atoms with E-state index in [4.69, 9.17) is 11.6 Å². The predicted octanol–water partition coefficient (Wildman–Crippen LogP) is 2.44. The molecule has 0 saturated carbocycles. The van der Waals surface area contributed by atoms with Crippen molar-refractivity contribution in [3.8, 4) is 0 Å². The molecule has 0 saturated heterocycles. The number of benzene rings is 1. The van der Waals surface area contributed by atoms with Gasteiger partial charge in [-0.1, -0.05) is 29.8 Å². The molecule has 0 bridgehead atoms. The van der Waals surface area contributed by atoms with Crippen LogP contribution in [-0.4, -0.2) is 34.8 Å². The summed E-state index contributed by atoms with van der Waals surface area (Å²) in [6.07, 6.45) is 4.10. The largest absolute Gasteiger partial charge is 0.344 e. The average Bonchev–Trinajstić information content (AvgIpc) is 2.62. The van der Waals surface area contributed by atoms with E-state index in [9.17, 15) is 9.59 Å². The molecular formula is C18H20ClN3O2. The molecular weight excluding hydrogens is 326 g/mol. The molecule has 0 unspecified atom stereocenters. The molecule has 2 rings (SSSR count). The minimum atomic E-state index is -0.619. The molecule has 5 nitrogen and oxygen atoms in total. The number of rotatable bonds is 6. The molecule has 1 aromatic heterocycles. The zero-order chi connectivity index (χ0) is 17.4. The van der Waals surface area contributed by atoms with Crippen LogP contribution >= 0.6 is 11.6 Å². The Kier molecular flexibility index (Phi) is 6.75. The minimum absolute atomic E-state index is 0.228. The molecule has 24 heavy (non-hydrogen) atoms. The Labute approximate surface area is 146 Å². The number of amides is 2. The highest BCUT2D eigenvalue weighted by molar-refractivity contribution is 6.35. The number of carbonyl (C=O) groups is 2. The molecule has 2 aromatic rings. The molecule has 0 radical (unpaired) electrons. The summed E-state index contributed by atoms with van der Waals surface area (Å²) in [4.78, 5) is 29.8. The number of nitrogens with zero attached hydrogens (tertiary/aromatic N) is 2. The van der Waals surface area contributed by atoms with Gasteiger partial charge in [0, 0.05) is 37.1 Å². The van der Waals surface area contributed by atoms with Gasteiger partial charge in [0.2, 0.25) is 0 Å². The Balaban J connectivity index is 1.87. The van der Waals surface area contributed by atoms with Gasteiger partial charge >= 0.3 is 11.8 Å². The Hall–Kier alpha value is -2.40. The molecule has 1 aromatic carbocycles. The fraction of sp³-hybridized carbons (Fsp3) is 0.278. The first-order chi connectivity index (χ1) is 11.6. The lowest BCUT2D eigenvalue weighted by Crippen LogP contribution is -2.43. The summed E-state index contributed by atoms with van der Waals surface area (Å²) in [5.74, 6) is -1.15. The van der Waals surface area contributed by atoms with Crippen molar-refractivity contribution in [1.29, 1.82) is 0 Å². The van der Waals surface area contributed by atoms with Crippen molar-refractivity contribution in [2.24, 2.45) is 0 Å². The number of hydrogen-bond donors (Lipinski definition) is 1. The molecule has 2 amide bonds. The number of carbonyl (C=O) groups excluding carboxylic acids is 2. The van der Waals surface area contributed by atoms with Gasteiger partial charge in [-0.05, 0) is 42.7 Å². The molecule has 1 heterocycles. The van der Waals surface area contributed by atoms with Crippen LogP contribution in [0, 0.1) is 0 Å². The predicted molar refractivity (Wildman–Crippen MR) is 93.5 cm³/mol. The van der Waals surface area contributed by atoms with Gasteiger partial charge in [-0.15, -0.1) is 0 Å². The van der Waals surface area contributed by atoms with Gasteiger partial charge in [0.15, 0.2) is 0 Å². The van der Waals surface area contributed by atoms with Crippen LogP contribution in [0.2, 0.25) is 5.02 Å². The fourth-order valence-corrected chi connectivity index (χ4v) is 2.46. The maximum atomic E-state index is 12.3. The summed E-state index contributed by atoms with van der Waals surface area (Å²) in [6.45, 7) is 3.04. The second-order valence-electron chi connectivity index (χ2n) is 5.26. The van der Waals surface area contributed by atoms with Crippen molar-refractivity contribution >= 4 is 23.4 Å². The van der Waals surface area contributed by atoms with E-state index in [1.165, 1.54) is 4.90 Å². The maximum Gasteiger partial charge on any atom is 0.311 e. The SMILES string of the molecule is CCN(CCc1ccncc1)C(=O)C(=O)NCc1ccccc1Cl. The molecule has 0 aliphatic rings. The third kappa shape index (κ3) is 5.06. The topological polar surface area (TPSA) is 62.3 Å². The summed E-state index contributed by atoms with van der Waals surface area (Å²) < 4.78 is 0. The molecule has 0 aliphatic heterocycles. The van der Waals surface area contributed by atoms with Crippen LogP contribution in [0.3, 0.4) is 0 Å². The number of halogens is 1. The summed E-state index contributed by atoms with van der Waals surface area (Å²) in [6, 6.07) is 11.0. The van der Waals surface area contributed by atoms with Gasteiger partial charge in [0.25, 0.3) is 0 Å². The second-order valence-corrected chi connectivity index (χ2v) is 5.67. The van der Waals surface area contributed by atoms with Crippen LogP contribution in [0.25, 0.3) is 0 Å². The summed E-state index contributed by atoms with van der Waals surface area (Å²) in [7, 11) is 0. The zero-order valence-corrected chi connectivity index (χ0v) is 14.3. The van der Waals surface area contributed by atoms with Crippen molar-refractivity contribution in [3.05, 3.63) is 64.9 Å². The molecule has 6 heteroatoms. The molecule has 0 aliphatic carbocycles. The van der Waals surface area contributed by atoms with Crippen molar-refractivity contribution < 1.29 is 9.59 Å². The monoisotopic (exact) mass is 345 g/mol. The van der Waals surface area contributed by atoms with E-state index in [1.807, 2.05) is 37.3 Å². The Morgan fingerprint density at radius 3 is 2.54 bits per heavy atom. The minimum Gasteiger partial charge on any atom is -0.344 e. The Morgan fingerprint density at radius 1 is 1.17 bits per heavy atom. The van der Waals surface area contributed by atoms with Crippen LogP contribution < -0.4 is 5.32 Å². The van der Waals surface area contributed by atoms with Gasteiger partial charge < -0.3 is 10.2 Å². The third-order valence-corrected chi connectivity index (χ3v) is 4.05. The van der Waals surface area contributed by atoms with Crippen molar-refractivity contribution in [1.82, 2.24) is 15.2 Å². The van der Waals surface area contributed by atoms with Crippen LogP contribution in [0.15, 0.2) is 48.8 Å². The van der Waals surface area contributed by atoms with Crippen molar-refractivity contribution in [2.75, 3.05) is 13.1 Å². The van der Waals surface area contributed by atoms with Crippen LogP contribution in [0.4, 0.5) is 0 Å². The average molecular weight is 346 g/mol. The summed E-state index contributed by atoms with van der Waals surface area (Å²) >= 11 is 6.04. The first-order valence-corrected chi connectivity index (χ1v) is 8.19. The lowest BCUT2D eigenvalue weighted by molar-refractivity contribution is -0.145. The molecule has 1 N–H and O–H groups in total. The van der Waals surface area contributed by atoms with E-state index in [0.29, 0.717) is 24.5 Å². The lowest BCUT2D eigenvalue weighted by Gasteiger charge is -2.20. The lowest BCUT2D eigenvalue weighted by atomic mass is 10.2. The van der Waals surface area contributed by atoms with Gasteiger partial charge in [-0.25, -0.2) is 0 Å². The maximum absolute atomic E-state index is 12.3. The zero-order valence-electron chi connectivity index (χ0n) is 13.5. The normalized spacial score (nSPS) is 10.2. The quantitative estimate of drug-likeness (QED) is 0.818. The number of likely N-dealkylation sites (N-methyl/N-ethyl adjacent to an activating group) is 1. The standard InChI is InChI=1S/C18H20ClN3O2/c1-2-22(12-9-14-7-10-20-11-8-14)18(24)17(23)21-13-15-5-3-4-6-16(15)19/h3-8,10-11H,2,9,12-13H2,1H3,(H,21,23). The molecule has 126 valence electrons. The van der Waals surface area contributed by atoms with E-state index < -0.39 is 11.8 Å². The molecule has 0 fully saturated rings. The summed E-state index contributed by atoms with van der Waals surface area (Å²) in [5.41, 5.74) is 1.85. The van der Waals surface area contributed by atoms with Gasteiger partial charge in [-0.2, -0.15) is 0 Å². The smallest absolute Gasteiger partial charge is 0.311 e. The summed E-state index contributed by atoms with van der Waals surface area (Å²) in [5, 5.41) is 3.19. The molecule has 0 spiro atoms. The first kappa shape index (κ1) is 17.9. The second kappa shape index (κ2) is 9.03. The van der Waals surface area contributed by atoms with Gasteiger partial charge in [0.05, 0.1) is 0 Å².